The molecule has 0 aromatic heterocycles. The minimum atomic E-state index is 0.927. The fourth-order valence-electron chi connectivity index (χ4n) is 3.59. The molecule has 82 valence electrons. The van der Waals surface area contributed by atoms with E-state index < -0.39 is 0 Å². The molecule has 0 heterocycles. The molecule has 0 N–H and O–H groups in total. The van der Waals surface area contributed by atoms with Crippen LogP contribution < -0.4 is 0 Å². The lowest BCUT2D eigenvalue weighted by molar-refractivity contribution is 0.350. The van der Waals surface area contributed by atoms with E-state index in [2.05, 4.69) is 27.7 Å². The van der Waals surface area contributed by atoms with Gasteiger partial charge in [-0.15, -0.1) is 0 Å². The molecule has 0 spiro atoms. The van der Waals surface area contributed by atoms with Crippen molar-refractivity contribution in [2.24, 2.45) is 35.5 Å². The molecule has 0 aromatic carbocycles. The Balaban J connectivity index is 1.80. The van der Waals surface area contributed by atoms with Crippen LogP contribution in [0.1, 0.15) is 53.4 Å². The fourth-order valence-corrected chi connectivity index (χ4v) is 3.59. The smallest absolute Gasteiger partial charge is 0.0352 e. The predicted molar refractivity (Wildman–Crippen MR) is 62.1 cm³/mol. The van der Waals surface area contributed by atoms with Crippen molar-refractivity contribution in [2.75, 3.05) is 0 Å². The first kappa shape index (κ1) is 10.5. The van der Waals surface area contributed by atoms with Crippen molar-refractivity contribution in [3.05, 3.63) is 0 Å². The van der Waals surface area contributed by atoms with Crippen LogP contribution >= 0.6 is 0 Å². The maximum absolute atomic E-state index is 2.40. The van der Waals surface area contributed by atoms with Crippen molar-refractivity contribution in [1.82, 2.24) is 0 Å². The quantitative estimate of drug-likeness (QED) is 0.626. The molecule has 0 radical (unpaired) electrons. The van der Waals surface area contributed by atoms with Gasteiger partial charge >= 0.3 is 0 Å². The van der Waals surface area contributed by atoms with E-state index in [9.17, 15) is 0 Å². The molecule has 2 fully saturated rings. The standard InChI is InChI=1S/C14H26/c1-9(2)11-5-6-12(7-11)14-8-13(14)10(3)4/h9-14H,5-8H2,1-4H3. The number of hydrogen-bond acceptors (Lipinski definition) is 0. The van der Waals surface area contributed by atoms with Gasteiger partial charge in [-0.1, -0.05) is 27.7 Å². The molecule has 2 rings (SSSR count). The fraction of sp³-hybridized carbons (Fsp3) is 1.00. The highest BCUT2D eigenvalue weighted by atomic mass is 14.5. The molecule has 2 aliphatic carbocycles. The Morgan fingerprint density at radius 3 is 2.00 bits per heavy atom. The third kappa shape index (κ3) is 1.99. The summed E-state index contributed by atoms with van der Waals surface area (Å²) in [6.45, 7) is 9.61. The first-order chi connectivity index (χ1) is 6.59. The summed E-state index contributed by atoms with van der Waals surface area (Å²) in [6, 6.07) is 0. The molecule has 4 atom stereocenters. The highest BCUT2D eigenvalue weighted by Crippen LogP contribution is 2.55. The van der Waals surface area contributed by atoms with Crippen molar-refractivity contribution < 1.29 is 0 Å². The molecule has 0 aliphatic heterocycles. The average Bonchev–Trinajstić information content (AvgIpc) is 2.76. The van der Waals surface area contributed by atoms with E-state index in [1.165, 1.54) is 12.8 Å². The Morgan fingerprint density at radius 1 is 0.857 bits per heavy atom. The largest absolute Gasteiger partial charge is 0.0625 e. The van der Waals surface area contributed by atoms with Crippen LogP contribution in [0.15, 0.2) is 0 Å². The zero-order valence-corrected chi connectivity index (χ0v) is 10.3. The van der Waals surface area contributed by atoms with Gasteiger partial charge in [0.25, 0.3) is 0 Å². The van der Waals surface area contributed by atoms with Crippen LogP contribution in [0.2, 0.25) is 0 Å². The van der Waals surface area contributed by atoms with Gasteiger partial charge in [0, 0.05) is 0 Å². The Hall–Kier alpha value is 0. The molecule has 2 saturated carbocycles. The Bertz CT molecular complexity index is 192. The van der Waals surface area contributed by atoms with Crippen molar-refractivity contribution in [3.8, 4) is 0 Å². The van der Waals surface area contributed by atoms with Crippen LogP contribution in [0.4, 0.5) is 0 Å². The lowest BCUT2D eigenvalue weighted by Gasteiger charge is -2.15. The topological polar surface area (TPSA) is 0 Å². The normalized spacial score (nSPS) is 42.4. The summed E-state index contributed by atoms with van der Waals surface area (Å²) in [4.78, 5) is 0. The molecule has 0 amide bonds. The number of hydrogen-bond donors (Lipinski definition) is 0. The Morgan fingerprint density at radius 2 is 1.57 bits per heavy atom. The second-order valence-corrected chi connectivity index (χ2v) is 6.38. The molecular weight excluding hydrogens is 168 g/mol. The summed E-state index contributed by atoms with van der Waals surface area (Å²) in [7, 11) is 0. The average molecular weight is 194 g/mol. The van der Waals surface area contributed by atoms with Gasteiger partial charge in [-0.2, -0.15) is 0 Å². The van der Waals surface area contributed by atoms with E-state index >= 15 is 0 Å². The summed E-state index contributed by atoms with van der Waals surface area (Å²) >= 11 is 0. The summed E-state index contributed by atoms with van der Waals surface area (Å²) in [5.41, 5.74) is 0. The molecule has 14 heavy (non-hydrogen) atoms. The van der Waals surface area contributed by atoms with Crippen molar-refractivity contribution in [2.45, 2.75) is 53.4 Å². The first-order valence-corrected chi connectivity index (χ1v) is 6.59. The molecule has 0 saturated heterocycles. The monoisotopic (exact) mass is 194 g/mol. The molecule has 0 nitrogen and oxygen atoms in total. The highest BCUT2D eigenvalue weighted by Gasteiger charge is 2.46. The lowest BCUT2D eigenvalue weighted by Crippen LogP contribution is -2.06. The van der Waals surface area contributed by atoms with E-state index in [1.807, 2.05) is 0 Å². The minimum absolute atomic E-state index is 0.927. The van der Waals surface area contributed by atoms with E-state index in [1.54, 1.807) is 12.8 Å². The van der Waals surface area contributed by atoms with Gasteiger partial charge in [-0.05, 0) is 61.2 Å². The second-order valence-electron chi connectivity index (χ2n) is 6.38. The van der Waals surface area contributed by atoms with Gasteiger partial charge < -0.3 is 0 Å². The number of rotatable bonds is 3. The summed E-state index contributed by atoms with van der Waals surface area (Å²) in [5, 5.41) is 0. The van der Waals surface area contributed by atoms with Gasteiger partial charge in [-0.3, -0.25) is 0 Å². The summed E-state index contributed by atoms with van der Waals surface area (Å²) in [6.07, 6.45) is 6.15. The van der Waals surface area contributed by atoms with Crippen molar-refractivity contribution in [3.63, 3.8) is 0 Å². The van der Waals surface area contributed by atoms with Gasteiger partial charge in [0.2, 0.25) is 0 Å². The van der Waals surface area contributed by atoms with E-state index in [-0.39, 0.29) is 0 Å². The lowest BCUT2D eigenvalue weighted by atomic mass is 9.91. The highest BCUT2D eigenvalue weighted by molar-refractivity contribution is 4.96. The zero-order valence-electron chi connectivity index (χ0n) is 10.3. The van der Waals surface area contributed by atoms with Crippen LogP contribution in [0.3, 0.4) is 0 Å². The van der Waals surface area contributed by atoms with Gasteiger partial charge in [-0.25, -0.2) is 0 Å². The SMILES string of the molecule is CC(C)C1CCC(C2CC2C(C)C)C1. The molecule has 0 bridgehead atoms. The van der Waals surface area contributed by atoms with Gasteiger partial charge in [0.15, 0.2) is 0 Å². The third-order valence-electron chi connectivity index (χ3n) is 4.81. The second kappa shape index (κ2) is 3.87. The van der Waals surface area contributed by atoms with Crippen LogP contribution in [0.25, 0.3) is 0 Å². The summed E-state index contributed by atoms with van der Waals surface area (Å²) < 4.78 is 0. The molecule has 0 heteroatoms. The van der Waals surface area contributed by atoms with Crippen LogP contribution in [0, 0.1) is 35.5 Å². The van der Waals surface area contributed by atoms with Crippen LogP contribution in [-0.4, -0.2) is 0 Å². The molecule has 0 aromatic rings. The van der Waals surface area contributed by atoms with Crippen LogP contribution in [0.5, 0.6) is 0 Å². The van der Waals surface area contributed by atoms with Gasteiger partial charge in [0.1, 0.15) is 0 Å². The van der Waals surface area contributed by atoms with Gasteiger partial charge in [0.05, 0.1) is 0 Å². The third-order valence-corrected chi connectivity index (χ3v) is 4.81. The molecular formula is C14H26. The summed E-state index contributed by atoms with van der Waals surface area (Å²) in [5.74, 6) is 6.24. The first-order valence-electron chi connectivity index (χ1n) is 6.59. The maximum atomic E-state index is 2.40. The van der Waals surface area contributed by atoms with Crippen molar-refractivity contribution >= 4 is 0 Å². The van der Waals surface area contributed by atoms with Crippen LogP contribution in [-0.2, 0) is 0 Å². The maximum Gasteiger partial charge on any atom is -0.0352 e. The predicted octanol–water partition coefficient (Wildman–Crippen LogP) is 4.35. The minimum Gasteiger partial charge on any atom is -0.0625 e. The zero-order chi connectivity index (χ0) is 10.3. The van der Waals surface area contributed by atoms with Crippen molar-refractivity contribution in [1.29, 1.82) is 0 Å². The molecule has 4 unspecified atom stereocenters. The Kier molecular flexibility index (Phi) is 2.91. The Labute approximate surface area is 89.5 Å². The molecule has 2 aliphatic rings. The van der Waals surface area contributed by atoms with E-state index in [0.29, 0.717) is 0 Å². The van der Waals surface area contributed by atoms with E-state index in [4.69, 9.17) is 0 Å². The van der Waals surface area contributed by atoms with E-state index in [0.717, 1.165) is 35.5 Å².